The maximum atomic E-state index is 12.8. The van der Waals surface area contributed by atoms with Gasteiger partial charge in [-0.05, 0) is 61.9 Å². The number of esters is 1. The monoisotopic (exact) mass is 486 g/mol. The highest BCUT2D eigenvalue weighted by atomic mass is 79.9. The molecule has 1 unspecified atom stereocenters. The van der Waals surface area contributed by atoms with Crippen molar-refractivity contribution in [3.8, 4) is 11.5 Å². The summed E-state index contributed by atoms with van der Waals surface area (Å²) >= 11 is 3.41. The maximum Gasteiger partial charge on any atom is 0.342 e. The fourth-order valence-corrected chi connectivity index (χ4v) is 3.71. The van der Waals surface area contributed by atoms with E-state index in [1.165, 1.54) is 6.07 Å². The number of carbonyl (C=O) groups excluding carboxylic acids is 2. The number of allylic oxidation sites excluding steroid dienone is 1. The zero-order valence-corrected chi connectivity index (χ0v) is 19.2. The molecule has 0 aliphatic carbocycles. The number of Topliss-reactive ketones (excluding diaryl/α,β-unsaturated/α-hetero) is 1. The molecule has 1 aliphatic heterocycles. The summed E-state index contributed by atoms with van der Waals surface area (Å²) in [4.78, 5) is 24.7. The number of cyclic esters (lactones) is 1. The number of phenols is 1. The molecule has 3 rings (SSSR count). The van der Waals surface area contributed by atoms with Crippen LogP contribution in [0.4, 0.5) is 0 Å². The molecule has 5 nitrogen and oxygen atoms in total. The van der Waals surface area contributed by atoms with Crippen molar-refractivity contribution in [1.82, 2.24) is 0 Å². The fraction of sp³-hybridized carbons (Fsp3) is 0.360. The van der Waals surface area contributed by atoms with Crippen LogP contribution in [0.3, 0.4) is 0 Å². The standard InChI is InChI=1S/C25H27BrO5/c1-17-6-5-9-21(27)8-4-2-3-7-19-14-22(15-23(28)24(19)25(29)31-17)30-16-18-10-12-20(26)13-11-18/h3,7,10-15,17,28H,2,4-6,8-9,16H2,1H3. The van der Waals surface area contributed by atoms with Crippen molar-refractivity contribution < 1.29 is 24.2 Å². The van der Waals surface area contributed by atoms with Crippen LogP contribution in [0, 0.1) is 0 Å². The average Bonchev–Trinajstić information content (AvgIpc) is 2.72. The number of ketones is 1. The minimum Gasteiger partial charge on any atom is -0.507 e. The number of carbonyl (C=O) groups is 2. The number of phenolic OH excluding ortho intramolecular Hbond substituents is 1. The van der Waals surface area contributed by atoms with Gasteiger partial charge < -0.3 is 14.6 Å². The number of hydrogen-bond acceptors (Lipinski definition) is 5. The van der Waals surface area contributed by atoms with Crippen molar-refractivity contribution in [2.24, 2.45) is 0 Å². The van der Waals surface area contributed by atoms with Gasteiger partial charge in [-0.3, -0.25) is 4.79 Å². The molecule has 31 heavy (non-hydrogen) atoms. The summed E-state index contributed by atoms with van der Waals surface area (Å²) in [7, 11) is 0. The SMILES string of the molecule is CC1CCCC(=O)CCCC=Cc2cc(OCc3ccc(Br)cc3)cc(O)c2C(=O)O1. The van der Waals surface area contributed by atoms with Crippen LogP contribution < -0.4 is 4.74 Å². The summed E-state index contributed by atoms with van der Waals surface area (Å²) in [6.45, 7) is 2.13. The van der Waals surface area contributed by atoms with Crippen molar-refractivity contribution in [3.05, 3.63) is 63.6 Å². The molecule has 0 radical (unpaired) electrons. The van der Waals surface area contributed by atoms with Gasteiger partial charge in [-0.2, -0.15) is 0 Å². The molecule has 2 aromatic rings. The molecule has 164 valence electrons. The van der Waals surface area contributed by atoms with Gasteiger partial charge in [0.2, 0.25) is 0 Å². The van der Waals surface area contributed by atoms with Crippen LogP contribution >= 0.6 is 15.9 Å². The molecular weight excluding hydrogens is 460 g/mol. The summed E-state index contributed by atoms with van der Waals surface area (Å²) in [6.07, 6.45) is 7.17. The van der Waals surface area contributed by atoms with E-state index >= 15 is 0 Å². The molecule has 1 heterocycles. The van der Waals surface area contributed by atoms with Gasteiger partial charge in [-0.15, -0.1) is 0 Å². The average molecular weight is 487 g/mol. The Hall–Kier alpha value is -2.60. The normalized spacial score (nSPS) is 18.1. The molecule has 6 heteroatoms. The van der Waals surface area contributed by atoms with Crippen LogP contribution in [0.25, 0.3) is 6.08 Å². The lowest BCUT2D eigenvalue weighted by Gasteiger charge is -2.16. The molecule has 0 spiro atoms. The van der Waals surface area contributed by atoms with Gasteiger partial charge in [0.05, 0.1) is 6.10 Å². The van der Waals surface area contributed by atoms with Crippen LogP contribution in [-0.4, -0.2) is 23.0 Å². The molecule has 0 saturated carbocycles. The number of hydrogen-bond donors (Lipinski definition) is 1. The van der Waals surface area contributed by atoms with Crippen molar-refractivity contribution in [2.75, 3.05) is 0 Å². The van der Waals surface area contributed by atoms with Crippen molar-refractivity contribution in [2.45, 2.75) is 58.2 Å². The Balaban J connectivity index is 1.84. The second-order valence-electron chi connectivity index (χ2n) is 7.76. The lowest BCUT2D eigenvalue weighted by atomic mass is 10.0. The van der Waals surface area contributed by atoms with Gasteiger partial charge in [0, 0.05) is 23.4 Å². The van der Waals surface area contributed by atoms with E-state index in [9.17, 15) is 14.7 Å². The van der Waals surface area contributed by atoms with Crippen LogP contribution in [-0.2, 0) is 16.1 Å². The van der Waals surface area contributed by atoms with Gasteiger partial charge in [0.25, 0.3) is 0 Å². The molecule has 2 aromatic carbocycles. The first-order valence-electron chi connectivity index (χ1n) is 10.6. The number of aromatic hydroxyl groups is 1. The third-order valence-electron chi connectivity index (χ3n) is 5.14. The maximum absolute atomic E-state index is 12.8. The van der Waals surface area contributed by atoms with E-state index in [2.05, 4.69) is 15.9 Å². The van der Waals surface area contributed by atoms with E-state index in [0.717, 1.165) is 16.5 Å². The Kier molecular flexibility index (Phi) is 8.29. The minimum absolute atomic E-state index is 0.132. The van der Waals surface area contributed by atoms with Gasteiger partial charge in [0.1, 0.15) is 29.5 Å². The largest absolute Gasteiger partial charge is 0.507 e. The quantitative estimate of drug-likeness (QED) is 0.521. The second kappa shape index (κ2) is 11.1. The molecule has 0 saturated heterocycles. The lowest BCUT2D eigenvalue weighted by Crippen LogP contribution is -2.17. The molecule has 0 aromatic heterocycles. The van der Waals surface area contributed by atoms with Crippen molar-refractivity contribution in [1.29, 1.82) is 0 Å². The van der Waals surface area contributed by atoms with Crippen molar-refractivity contribution >= 4 is 33.8 Å². The fourth-order valence-electron chi connectivity index (χ4n) is 3.45. The van der Waals surface area contributed by atoms with Crippen LogP contribution in [0.2, 0.25) is 0 Å². The highest BCUT2D eigenvalue weighted by Gasteiger charge is 2.21. The summed E-state index contributed by atoms with van der Waals surface area (Å²) in [5.41, 5.74) is 1.65. The Morgan fingerprint density at radius 2 is 1.87 bits per heavy atom. The number of benzene rings is 2. The number of rotatable bonds is 3. The van der Waals surface area contributed by atoms with Crippen LogP contribution in [0.1, 0.15) is 66.9 Å². The first-order chi connectivity index (χ1) is 14.9. The van der Waals surface area contributed by atoms with Gasteiger partial charge in [-0.1, -0.05) is 40.2 Å². The molecule has 0 fully saturated rings. The van der Waals surface area contributed by atoms with Gasteiger partial charge in [0.15, 0.2) is 0 Å². The molecule has 1 aliphatic rings. The van der Waals surface area contributed by atoms with Crippen molar-refractivity contribution in [3.63, 3.8) is 0 Å². The summed E-state index contributed by atoms with van der Waals surface area (Å²) < 4.78 is 12.4. The molecule has 1 N–H and O–H groups in total. The van der Waals surface area contributed by atoms with E-state index in [0.29, 0.717) is 50.0 Å². The minimum atomic E-state index is -0.576. The first kappa shape index (κ1) is 23.1. The Morgan fingerprint density at radius 3 is 2.65 bits per heavy atom. The first-order valence-corrected chi connectivity index (χ1v) is 11.3. The number of ether oxygens (including phenoxy) is 2. The van der Waals surface area contributed by atoms with Crippen LogP contribution in [0.15, 0.2) is 46.9 Å². The van der Waals surface area contributed by atoms with E-state index in [4.69, 9.17) is 9.47 Å². The van der Waals surface area contributed by atoms with E-state index < -0.39 is 5.97 Å². The predicted molar refractivity (Wildman–Crippen MR) is 123 cm³/mol. The second-order valence-corrected chi connectivity index (χ2v) is 8.68. The molecule has 0 bridgehead atoms. The molecule has 0 amide bonds. The Morgan fingerprint density at radius 1 is 1.13 bits per heavy atom. The smallest absolute Gasteiger partial charge is 0.342 e. The third kappa shape index (κ3) is 6.96. The summed E-state index contributed by atoms with van der Waals surface area (Å²) in [5, 5.41) is 10.6. The van der Waals surface area contributed by atoms with E-state index in [1.54, 1.807) is 19.1 Å². The number of halogens is 1. The van der Waals surface area contributed by atoms with Gasteiger partial charge >= 0.3 is 5.97 Å². The summed E-state index contributed by atoms with van der Waals surface area (Å²) in [5.74, 6) is -0.0495. The third-order valence-corrected chi connectivity index (χ3v) is 5.67. The highest BCUT2D eigenvalue weighted by Crippen LogP contribution is 2.31. The van der Waals surface area contributed by atoms with E-state index in [-0.39, 0.29) is 23.2 Å². The Labute approximate surface area is 191 Å². The van der Waals surface area contributed by atoms with Gasteiger partial charge in [-0.25, -0.2) is 4.79 Å². The molecular formula is C25H27BrO5. The zero-order chi connectivity index (χ0) is 22.2. The zero-order valence-electron chi connectivity index (χ0n) is 17.6. The Bertz CT molecular complexity index is 949. The van der Waals surface area contributed by atoms with Crippen LogP contribution in [0.5, 0.6) is 11.5 Å². The lowest BCUT2D eigenvalue weighted by molar-refractivity contribution is -0.119. The highest BCUT2D eigenvalue weighted by molar-refractivity contribution is 9.10. The predicted octanol–water partition coefficient (Wildman–Crippen LogP) is 6.22. The topological polar surface area (TPSA) is 72.8 Å². The summed E-state index contributed by atoms with van der Waals surface area (Å²) in [6, 6.07) is 10.9. The number of fused-ring (bicyclic) bond motifs is 1. The molecule has 1 atom stereocenters. The van der Waals surface area contributed by atoms with E-state index in [1.807, 2.05) is 30.3 Å².